The van der Waals surface area contributed by atoms with E-state index in [2.05, 4.69) is 10.7 Å². The van der Waals surface area contributed by atoms with E-state index in [-0.39, 0.29) is 29.8 Å². The average Bonchev–Trinajstić information content (AvgIpc) is 2.87. The van der Waals surface area contributed by atoms with Crippen molar-refractivity contribution in [3.05, 3.63) is 22.4 Å². The van der Waals surface area contributed by atoms with Gasteiger partial charge in [-0.05, 0) is 11.4 Å². The maximum Gasteiger partial charge on any atom is 0.246 e. The SMILES string of the molecule is CN1N[C@H](c2cccs2)[C@H]2C(=O)NC(=O)[C@H]21. The second kappa shape index (κ2) is 3.38. The van der Waals surface area contributed by atoms with Gasteiger partial charge in [0.2, 0.25) is 11.8 Å². The molecule has 0 aliphatic carbocycles. The van der Waals surface area contributed by atoms with E-state index >= 15 is 0 Å². The number of thiophene rings is 1. The molecule has 0 saturated carbocycles. The van der Waals surface area contributed by atoms with Gasteiger partial charge in [0.05, 0.1) is 12.0 Å². The van der Waals surface area contributed by atoms with Gasteiger partial charge in [-0.25, -0.2) is 10.4 Å². The molecule has 0 bridgehead atoms. The van der Waals surface area contributed by atoms with Crippen LogP contribution >= 0.6 is 11.3 Å². The van der Waals surface area contributed by atoms with Crippen LogP contribution in [0.25, 0.3) is 0 Å². The van der Waals surface area contributed by atoms with E-state index in [9.17, 15) is 9.59 Å². The van der Waals surface area contributed by atoms with E-state index in [0.717, 1.165) is 4.88 Å². The Morgan fingerprint density at radius 2 is 2.19 bits per heavy atom. The van der Waals surface area contributed by atoms with Crippen LogP contribution < -0.4 is 10.7 Å². The molecule has 3 rings (SSSR count). The summed E-state index contributed by atoms with van der Waals surface area (Å²) in [7, 11) is 1.80. The van der Waals surface area contributed by atoms with Gasteiger partial charge in [-0.15, -0.1) is 11.3 Å². The molecule has 2 saturated heterocycles. The highest BCUT2D eigenvalue weighted by molar-refractivity contribution is 7.10. The number of hydrogen-bond donors (Lipinski definition) is 2. The van der Waals surface area contributed by atoms with Crippen LogP contribution in [0.4, 0.5) is 0 Å². The third kappa shape index (κ3) is 1.24. The third-order valence-electron chi connectivity index (χ3n) is 3.13. The molecule has 1 aromatic rings. The monoisotopic (exact) mass is 237 g/mol. The van der Waals surface area contributed by atoms with E-state index in [1.54, 1.807) is 23.4 Å². The summed E-state index contributed by atoms with van der Waals surface area (Å²) in [5, 5.41) is 6.09. The van der Waals surface area contributed by atoms with Gasteiger partial charge in [0.15, 0.2) is 0 Å². The summed E-state index contributed by atoms with van der Waals surface area (Å²) in [6.07, 6.45) is 0. The first-order valence-corrected chi connectivity index (χ1v) is 5.93. The number of rotatable bonds is 1. The molecule has 16 heavy (non-hydrogen) atoms. The number of nitrogens with one attached hydrogen (secondary N) is 2. The van der Waals surface area contributed by atoms with Gasteiger partial charge < -0.3 is 0 Å². The first-order chi connectivity index (χ1) is 7.68. The molecule has 2 aliphatic heterocycles. The normalized spacial score (nSPS) is 34.2. The van der Waals surface area contributed by atoms with Crippen LogP contribution in [0.5, 0.6) is 0 Å². The zero-order chi connectivity index (χ0) is 11.3. The van der Waals surface area contributed by atoms with E-state index in [1.807, 2.05) is 17.5 Å². The van der Waals surface area contributed by atoms with Crippen molar-refractivity contribution >= 4 is 23.2 Å². The zero-order valence-electron chi connectivity index (χ0n) is 8.64. The van der Waals surface area contributed by atoms with Crippen LogP contribution in [0.3, 0.4) is 0 Å². The minimum absolute atomic E-state index is 0.0820. The molecule has 0 spiro atoms. The molecule has 1 aromatic heterocycles. The number of likely N-dealkylation sites (N-methyl/N-ethyl adjacent to an activating group) is 1. The van der Waals surface area contributed by atoms with Gasteiger partial charge in [0, 0.05) is 11.9 Å². The molecule has 0 unspecified atom stereocenters. The summed E-state index contributed by atoms with van der Waals surface area (Å²) >= 11 is 1.59. The zero-order valence-corrected chi connectivity index (χ0v) is 9.45. The fourth-order valence-corrected chi connectivity index (χ4v) is 3.24. The lowest BCUT2D eigenvalue weighted by Gasteiger charge is -2.15. The molecule has 0 radical (unpaired) electrons. The summed E-state index contributed by atoms with van der Waals surface area (Å²) in [4.78, 5) is 24.4. The van der Waals surface area contributed by atoms with Gasteiger partial charge in [-0.3, -0.25) is 14.9 Å². The Hall–Kier alpha value is -1.24. The minimum Gasteiger partial charge on any atom is -0.295 e. The maximum atomic E-state index is 11.7. The molecule has 6 heteroatoms. The van der Waals surface area contributed by atoms with Crippen LogP contribution in [0.15, 0.2) is 17.5 Å². The summed E-state index contributed by atoms with van der Waals surface area (Å²) < 4.78 is 0. The van der Waals surface area contributed by atoms with Gasteiger partial charge >= 0.3 is 0 Å². The molecule has 2 amide bonds. The molecular weight excluding hydrogens is 226 g/mol. The lowest BCUT2D eigenvalue weighted by molar-refractivity contribution is -0.127. The molecule has 2 aliphatic rings. The van der Waals surface area contributed by atoms with Crippen LogP contribution in [0.1, 0.15) is 10.9 Å². The number of carbonyl (C=O) groups excluding carboxylic acids is 2. The second-order valence-corrected chi connectivity index (χ2v) is 5.04. The van der Waals surface area contributed by atoms with E-state index in [4.69, 9.17) is 0 Å². The average molecular weight is 237 g/mol. The number of hydrazine groups is 1. The topological polar surface area (TPSA) is 61.4 Å². The molecule has 84 valence electrons. The fourth-order valence-electron chi connectivity index (χ4n) is 2.42. The number of amides is 2. The van der Waals surface area contributed by atoms with Crippen molar-refractivity contribution in [1.82, 2.24) is 15.8 Å². The van der Waals surface area contributed by atoms with Crippen LogP contribution in [-0.2, 0) is 9.59 Å². The molecule has 3 atom stereocenters. The first-order valence-electron chi connectivity index (χ1n) is 5.05. The van der Waals surface area contributed by atoms with Crippen LogP contribution in [0.2, 0.25) is 0 Å². The lowest BCUT2D eigenvalue weighted by atomic mass is 9.95. The number of imide groups is 1. The number of hydrogen-bond acceptors (Lipinski definition) is 5. The highest BCUT2D eigenvalue weighted by atomic mass is 32.1. The summed E-state index contributed by atoms with van der Waals surface area (Å²) in [5.41, 5.74) is 3.18. The lowest BCUT2D eigenvalue weighted by Crippen LogP contribution is -2.41. The fraction of sp³-hybridized carbons (Fsp3) is 0.400. The predicted molar refractivity (Wildman–Crippen MR) is 58.4 cm³/mol. The Morgan fingerprint density at radius 1 is 1.38 bits per heavy atom. The van der Waals surface area contributed by atoms with Crippen LogP contribution in [-0.4, -0.2) is 29.9 Å². The first kappa shape index (κ1) is 9.95. The molecule has 2 fully saturated rings. The van der Waals surface area contributed by atoms with Gasteiger partial charge in [-0.1, -0.05) is 6.07 Å². The molecule has 3 heterocycles. The number of carbonyl (C=O) groups is 2. The van der Waals surface area contributed by atoms with Crippen molar-refractivity contribution in [3.8, 4) is 0 Å². The Balaban J connectivity index is 1.99. The molecule has 5 nitrogen and oxygen atoms in total. The van der Waals surface area contributed by atoms with Crippen molar-refractivity contribution in [2.45, 2.75) is 12.1 Å². The third-order valence-corrected chi connectivity index (χ3v) is 4.08. The van der Waals surface area contributed by atoms with Gasteiger partial charge in [-0.2, -0.15) is 0 Å². The van der Waals surface area contributed by atoms with E-state index in [0.29, 0.717) is 0 Å². The Bertz CT molecular complexity index is 445. The van der Waals surface area contributed by atoms with Crippen molar-refractivity contribution in [3.63, 3.8) is 0 Å². The summed E-state index contributed by atoms with van der Waals surface area (Å²) in [6.45, 7) is 0. The quantitative estimate of drug-likeness (QED) is 0.669. The highest BCUT2D eigenvalue weighted by Crippen LogP contribution is 2.37. The van der Waals surface area contributed by atoms with Crippen molar-refractivity contribution in [2.24, 2.45) is 5.92 Å². The minimum atomic E-state index is -0.375. The highest BCUT2D eigenvalue weighted by Gasteiger charge is 2.53. The van der Waals surface area contributed by atoms with Crippen LogP contribution in [0, 0.1) is 5.92 Å². The van der Waals surface area contributed by atoms with Gasteiger partial charge in [0.1, 0.15) is 6.04 Å². The molecule has 0 aromatic carbocycles. The van der Waals surface area contributed by atoms with Crippen molar-refractivity contribution in [2.75, 3.05) is 7.05 Å². The van der Waals surface area contributed by atoms with E-state index in [1.165, 1.54) is 0 Å². The van der Waals surface area contributed by atoms with Gasteiger partial charge in [0.25, 0.3) is 0 Å². The standard InChI is InChI=1S/C10H11N3O2S/c1-13-8-6(9(14)11-10(8)15)7(12-13)5-3-2-4-16-5/h2-4,6-8,12H,1H3,(H,11,14,15)/t6-,7-,8+/m1/s1. The van der Waals surface area contributed by atoms with Crippen molar-refractivity contribution in [1.29, 1.82) is 0 Å². The smallest absolute Gasteiger partial charge is 0.246 e. The predicted octanol–water partition coefficient (Wildman–Crippen LogP) is -0.120. The second-order valence-electron chi connectivity index (χ2n) is 4.06. The van der Waals surface area contributed by atoms with E-state index < -0.39 is 0 Å². The Morgan fingerprint density at radius 3 is 2.88 bits per heavy atom. The molecule has 2 N–H and O–H groups in total. The maximum absolute atomic E-state index is 11.7. The number of nitrogens with zero attached hydrogens (tertiary/aromatic N) is 1. The summed E-state index contributed by atoms with van der Waals surface area (Å²) in [6, 6.07) is 3.47. The summed E-state index contributed by atoms with van der Waals surface area (Å²) in [5.74, 6) is -0.689. The molecular formula is C10H11N3O2S. The largest absolute Gasteiger partial charge is 0.295 e. The Kier molecular flexibility index (Phi) is 2.10. The number of fused-ring (bicyclic) bond motifs is 1. The Labute approximate surface area is 96.4 Å². The van der Waals surface area contributed by atoms with Crippen molar-refractivity contribution < 1.29 is 9.59 Å².